The van der Waals surface area contributed by atoms with Gasteiger partial charge in [-0.05, 0) is 76.0 Å². The fraction of sp³-hybridized carbons (Fsp3) is 0.773. The molecule has 4 aliphatic rings. The Labute approximate surface area is 169 Å². The van der Waals surface area contributed by atoms with Crippen LogP contribution in [0.1, 0.15) is 70.6 Å². The average Bonchev–Trinajstić information content (AvgIpc) is 2.72. The second kappa shape index (κ2) is 8.60. The highest BCUT2D eigenvalue weighted by Gasteiger charge is 2.34. The van der Waals surface area contributed by atoms with Gasteiger partial charge < -0.3 is 4.90 Å². The van der Waals surface area contributed by atoms with Crippen LogP contribution in [0.4, 0.5) is 0 Å². The van der Waals surface area contributed by atoms with Gasteiger partial charge in [-0.2, -0.15) is 0 Å². The minimum Gasteiger partial charge on any atom is -0.339 e. The molecule has 2 aliphatic heterocycles. The molecule has 5 nitrogen and oxygen atoms in total. The third-order valence-electron chi connectivity index (χ3n) is 7.02. The van der Waals surface area contributed by atoms with Crippen LogP contribution >= 0.6 is 0 Å². The van der Waals surface area contributed by atoms with E-state index < -0.39 is 10.0 Å². The molecule has 2 fully saturated rings. The average molecular weight is 407 g/mol. The molecule has 2 saturated heterocycles. The van der Waals surface area contributed by atoms with E-state index >= 15 is 0 Å². The van der Waals surface area contributed by atoms with E-state index in [9.17, 15) is 13.2 Å². The molecule has 2 aliphatic carbocycles. The highest BCUT2D eigenvalue weighted by atomic mass is 32.2. The Morgan fingerprint density at radius 1 is 0.964 bits per heavy atom. The zero-order valence-electron chi connectivity index (χ0n) is 16.9. The maximum Gasteiger partial charge on any atom is 0.234 e. The summed E-state index contributed by atoms with van der Waals surface area (Å²) in [5, 5.41) is 0. The number of likely N-dealkylation sites (tertiary alicyclic amines) is 1. The van der Waals surface area contributed by atoms with Crippen molar-refractivity contribution in [2.45, 2.75) is 70.6 Å². The van der Waals surface area contributed by atoms with Crippen molar-refractivity contribution >= 4 is 15.9 Å². The van der Waals surface area contributed by atoms with E-state index in [0.717, 1.165) is 57.3 Å². The molecule has 0 aromatic rings. The summed E-state index contributed by atoms with van der Waals surface area (Å²) in [6.07, 6.45) is 15.3. The lowest BCUT2D eigenvalue weighted by Gasteiger charge is -2.38. The Morgan fingerprint density at radius 2 is 1.71 bits per heavy atom. The van der Waals surface area contributed by atoms with Gasteiger partial charge in [0.15, 0.2) is 0 Å². The SMILES string of the molecule is O=C(CCCS(=O)(=O)N1CCCC2CCCC=C21)N1CCC2CCCC=C2C1. The third kappa shape index (κ3) is 4.32. The van der Waals surface area contributed by atoms with Gasteiger partial charge in [0, 0.05) is 31.8 Å². The van der Waals surface area contributed by atoms with E-state index in [1.54, 1.807) is 4.31 Å². The summed E-state index contributed by atoms with van der Waals surface area (Å²) in [7, 11) is -3.32. The molecule has 2 unspecified atom stereocenters. The van der Waals surface area contributed by atoms with Crippen LogP contribution < -0.4 is 0 Å². The molecule has 0 spiro atoms. The van der Waals surface area contributed by atoms with E-state index in [1.807, 2.05) is 4.90 Å². The van der Waals surface area contributed by atoms with Gasteiger partial charge in [0.05, 0.1) is 5.75 Å². The van der Waals surface area contributed by atoms with Crippen molar-refractivity contribution in [1.82, 2.24) is 9.21 Å². The van der Waals surface area contributed by atoms with Crippen molar-refractivity contribution in [1.29, 1.82) is 0 Å². The number of fused-ring (bicyclic) bond motifs is 2. The molecular weight excluding hydrogens is 372 g/mol. The molecule has 0 aromatic heterocycles. The largest absolute Gasteiger partial charge is 0.339 e. The van der Waals surface area contributed by atoms with Crippen LogP contribution in [0.15, 0.2) is 23.4 Å². The summed E-state index contributed by atoms with van der Waals surface area (Å²) in [5.41, 5.74) is 2.47. The van der Waals surface area contributed by atoms with E-state index in [1.165, 1.54) is 24.8 Å². The molecule has 28 heavy (non-hydrogen) atoms. The summed E-state index contributed by atoms with van der Waals surface area (Å²) in [5.74, 6) is 1.30. The standard InChI is InChI=1S/C22H34N2O3S/c25-22(23-15-13-18-7-1-2-9-20(18)17-23)12-6-16-28(26,27)24-14-5-10-19-8-3-4-11-21(19)24/h9,11,18-19H,1-8,10,12-17H2. The predicted molar refractivity (Wildman–Crippen MR) is 111 cm³/mol. The van der Waals surface area contributed by atoms with Crippen molar-refractivity contribution in [3.05, 3.63) is 23.4 Å². The van der Waals surface area contributed by atoms with E-state index in [4.69, 9.17) is 0 Å². The molecule has 4 rings (SSSR count). The van der Waals surface area contributed by atoms with Crippen molar-refractivity contribution < 1.29 is 13.2 Å². The first-order valence-corrected chi connectivity index (χ1v) is 12.8. The Balaban J connectivity index is 1.30. The van der Waals surface area contributed by atoms with Gasteiger partial charge in [-0.25, -0.2) is 8.42 Å². The summed E-state index contributed by atoms with van der Waals surface area (Å²) < 4.78 is 27.5. The van der Waals surface area contributed by atoms with Gasteiger partial charge in [-0.1, -0.05) is 17.7 Å². The molecule has 1 amide bonds. The van der Waals surface area contributed by atoms with Crippen LogP contribution in [-0.4, -0.2) is 48.9 Å². The zero-order valence-corrected chi connectivity index (χ0v) is 17.8. The molecule has 6 heteroatoms. The quantitative estimate of drug-likeness (QED) is 0.652. The van der Waals surface area contributed by atoms with Gasteiger partial charge in [-0.3, -0.25) is 9.10 Å². The molecule has 0 N–H and O–H groups in total. The lowest BCUT2D eigenvalue weighted by molar-refractivity contribution is -0.131. The molecular formula is C22H34N2O3S. The summed E-state index contributed by atoms with van der Waals surface area (Å²) >= 11 is 0. The van der Waals surface area contributed by atoms with Crippen molar-refractivity contribution in [3.8, 4) is 0 Å². The molecule has 0 saturated carbocycles. The lowest BCUT2D eigenvalue weighted by Crippen LogP contribution is -2.41. The number of hydrogen-bond acceptors (Lipinski definition) is 3. The fourth-order valence-electron chi connectivity index (χ4n) is 5.46. The van der Waals surface area contributed by atoms with Crippen LogP contribution in [0.25, 0.3) is 0 Å². The Kier molecular flexibility index (Phi) is 6.14. The molecule has 156 valence electrons. The number of amides is 1. The minimum absolute atomic E-state index is 0.0853. The number of sulfonamides is 1. The smallest absolute Gasteiger partial charge is 0.234 e. The van der Waals surface area contributed by atoms with E-state index in [-0.39, 0.29) is 11.7 Å². The second-order valence-electron chi connectivity index (χ2n) is 8.90. The maximum absolute atomic E-state index is 12.9. The number of rotatable bonds is 5. The highest BCUT2D eigenvalue weighted by molar-refractivity contribution is 7.89. The monoisotopic (exact) mass is 406 g/mol. The number of allylic oxidation sites excluding steroid dienone is 3. The number of carbonyl (C=O) groups excluding carboxylic acids is 1. The normalized spacial score (nSPS) is 28.1. The van der Waals surface area contributed by atoms with Crippen molar-refractivity contribution in [2.75, 3.05) is 25.4 Å². The van der Waals surface area contributed by atoms with E-state index in [2.05, 4.69) is 12.2 Å². The summed E-state index contributed by atoms with van der Waals surface area (Å²) in [6.45, 7) is 2.20. The van der Waals surface area contributed by atoms with Crippen molar-refractivity contribution in [3.63, 3.8) is 0 Å². The first-order valence-electron chi connectivity index (χ1n) is 11.2. The summed E-state index contributed by atoms with van der Waals surface area (Å²) in [4.78, 5) is 14.6. The van der Waals surface area contributed by atoms with Crippen molar-refractivity contribution in [2.24, 2.45) is 11.8 Å². The Bertz CT molecular complexity index is 756. The number of nitrogens with zero attached hydrogens (tertiary/aromatic N) is 2. The van der Waals surface area contributed by atoms with Crippen LogP contribution in [0.2, 0.25) is 0 Å². The first-order chi connectivity index (χ1) is 13.5. The van der Waals surface area contributed by atoms with Gasteiger partial charge in [0.25, 0.3) is 0 Å². The third-order valence-corrected chi connectivity index (χ3v) is 8.89. The Morgan fingerprint density at radius 3 is 2.57 bits per heavy atom. The number of carbonyl (C=O) groups is 1. The van der Waals surface area contributed by atoms with Gasteiger partial charge in [0.2, 0.25) is 15.9 Å². The minimum atomic E-state index is -3.32. The zero-order chi connectivity index (χ0) is 19.6. The van der Waals surface area contributed by atoms with Crippen LogP contribution in [0.5, 0.6) is 0 Å². The highest BCUT2D eigenvalue weighted by Crippen LogP contribution is 2.37. The van der Waals surface area contributed by atoms with Crippen LogP contribution in [-0.2, 0) is 14.8 Å². The molecule has 0 aromatic carbocycles. The van der Waals surface area contributed by atoms with Crippen LogP contribution in [0.3, 0.4) is 0 Å². The Hall–Kier alpha value is -1.30. The molecule has 2 atom stereocenters. The molecule has 2 heterocycles. The van der Waals surface area contributed by atoms with Gasteiger partial charge >= 0.3 is 0 Å². The molecule has 0 radical (unpaired) electrons. The summed E-state index contributed by atoms with van der Waals surface area (Å²) in [6, 6.07) is 0. The molecule has 0 bridgehead atoms. The van der Waals surface area contributed by atoms with Crippen LogP contribution in [0, 0.1) is 11.8 Å². The lowest BCUT2D eigenvalue weighted by atomic mass is 9.82. The first kappa shape index (κ1) is 20.0. The van der Waals surface area contributed by atoms with Gasteiger partial charge in [0.1, 0.15) is 0 Å². The number of piperidine rings is 2. The number of hydrogen-bond donors (Lipinski definition) is 0. The maximum atomic E-state index is 12.9. The van der Waals surface area contributed by atoms with Gasteiger partial charge in [-0.15, -0.1) is 0 Å². The topological polar surface area (TPSA) is 57.7 Å². The second-order valence-corrected chi connectivity index (χ2v) is 10.9. The predicted octanol–water partition coefficient (Wildman–Crippen LogP) is 3.84. The van der Waals surface area contributed by atoms with E-state index in [0.29, 0.717) is 31.2 Å². The fourth-order valence-corrected chi connectivity index (χ4v) is 7.14.